The normalized spacial score (nSPS) is 17.5. The summed E-state index contributed by atoms with van der Waals surface area (Å²) < 4.78 is 14.7. The molecule has 23 heavy (non-hydrogen) atoms. The molecular formula is C16H17FN4O2. The fourth-order valence-corrected chi connectivity index (χ4v) is 2.96. The number of hydrogen-bond acceptors (Lipinski definition) is 4. The minimum atomic E-state index is -0.500. The van der Waals surface area contributed by atoms with Gasteiger partial charge in [0.15, 0.2) is 5.78 Å². The highest BCUT2D eigenvalue weighted by Gasteiger charge is 2.34. The molecule has 0 aliphatic carbocycles. The lowest BCUT2D eigenvalue weighted by atomic mass is 10.0. The SMILES string of the molecule is CC(=O)N1CCC[C@@H]1C(=O)c1cnn(-c2cccc(F)c2)c1N. The predicted octanol–water partition coefficient (Wildman–Crippen LogP) is 1.79. The number of aromatic nitrogens is 2. The summed E-state index contributed by atoms with van der Waals surface area (Å²) in [7, 11) is 0. The van der Waals surface area contributed by atoms with E-state index in [1.165, 1.54) is 29.9 Å². The Hall–Kier alpha value is -2.70. The third-order valence-electron chi connectivity index (χ3n) is 4.08. The minimum absolute atomic E-state index is 0.128. The molecule has 1 saturated heterocycles. The lowest BCUT2D eigenvalue weighted by Crippen LogP contribution is -2.39. The van der Waals surface area contributed by atoms with Crippen LogP contribution in [0.3, 0.4) is 0 Å². The van der Waals surface area contributed by atoms with Crippen molar-refractivity contribution < 1.29 is 14.0 Å². The van der Waals surface area contributed by atoms with E-state index in [0.717, 1.165) is 6.42 Å². The van der Waals surface area contributed by atoms with Crippen molar-refractivity contribution in [2.75, 3.05) is 12.3 Å². The molecule has 2 aromatic rings. The molecule has 6 nitrogen and oxygen atoms in total. The molecule has 0 unspecified atom stereocenters. The van der Waals surface area contributed by atoms with Crippen LogP contribution in [0.2, 0.25) is 0 Å². The maximum atomic E-state index is 13.3. The Labute approximate surface area is 132 Å². The highest BCUT2D eigenvalue weighted by atomic mass is 19.1. The smallest absolute Gasteiger partial charge is 0.220 e. The first-order valence-electron chi connectivity index (χ1n) is 7.40. The first-order chi connectivity index (χ1) is 11.0. The first-order valence-corrected chi connectivity index (χ1v) is 7.40. The van der Waals surface area contributed by atoms with E-state index in [-0.39, 0.29) is 23.1 Å². The fraction of sp³-hybridized carbons (Fsp3) is 0.312. The zero-order chi connectivity index (χ0) is 16.6. The van der Waals surface area contributed by atoms with E-state index >= 15 is 0 Å². The van der Waals surface area contributed by atoms with E-state index in [1.54, 1.807) is 17.0 Å². The average molecular weight is 316 g/mol. The zero-order valence-electron chi connectivity index (χ0n) is 12.7. The molecule has 0 bridgehead atoms. The quantitative estimate of drug-likeness (QED) is 0.875. The van der Waals surface area contributed by atoms with Crippen molar-refractivity contribution in [1.82, 2.24) is 14.7 Å². The molecule has 120 valence electrons. The number of anilines is 1. The average Bonchev–Trinajstić information content (AvgIpc) is 3.13. The summed E-state index contributed by atoms with van der Waals surface area (Å²) in [5.41, 5.74) is 6.73. The number of amides is 1. The van der Waals surface area contributed by atoms with Crippen molar-refractivity contribution in [1.29, 1.82) is 0 Å². The predicted molar refractivity (Wildman–Crippen MR) is 82.7 cm³/mol. The van der Waals surface area contributed by atoms with Crippen LogP contribution in [0.1, 0.15) is 30.1 Å². The van der Waals surface area contributed by atoms with E-state index < -0.39 is 11.9 Å². The van der Waals surface area contributed by atoms with Crippen LogP contribution in [-0.4, -0.2) is 39.0 Å². The van der Waals surface area contributed by atoms with Gasteiger partial charge in [0.25, 0.3) is 0 Å². The summed E-state index contributed by atoms with van der Waals surface area (Å²) in [5.74, 6) is -0.616. The number of nitrogen functional groups attached to an aromatic ring is 1. The van der Waals surface area contributed by atoms with Crippen molar-refractivity contribution in [3.05, 3.63) is 41.8 Å². The number of benzene rings is 1. The number of likely N-dealkylation sites (tertiary alicyclic amines) is 1. The summed E-state index contributed by atoms with van der Waals surface area (Å²) >= 11 is 0. The molecule has 2 heterocycles. The molecular weight excluding hydrogens is 299 g/mol. The van der Waals surface area contributed by atoms with Gasteiger partial charge >= 0.3 is 0 Å². The third kappa shape index (κ3) is 2.69. The summed E-state index contributed by atoms with van der Waals surface area (Å²) in [5, 5.41) is 4.09. The molecule has 1 aromatic heterocycles. The summed E-state index contributed by atoms with van der Waals surface area (Å²) in [6.07, 6.45) is 2.77. The van der Waals surface area contributed by atoms with Crippen molar-refractivity contribution >= 4 is 17.5 Å². The highest BCUT2D eigenvalue weighted by molar-refractivity contribution is 6.05. The molecule has 1 aliphatic heterocycles. The van der Waals surface area contributed by atoms with Crippen LogP contribution in [0.5, 0.6) is 0 Å². The number of rotatable bonds is 3. The molecule has 1 atom stereocenters. The Morgan fingerprint density at radius 1 is 1.39 bits per heavy atom. The van der Waals surface area contributed by atoms with E-state index in [0.29, 0.717) is 18.7 Å². The van der Waals surface area contributed by atoms with Crippen LogP contribution in [0.25, 0.3) is 5.69 Å². The first kappa shape index (κ1) is 15.2. The minimum Gasteiger partial charge on any atom is -0.383 e. The Bertz CT molecular complexity index is 771. The van der Waals surface area contributed by atoms with Gasteiger partial charge in [-0.2, -0.15) is 5.10 Å². The van der Waals surface area contributed by atoms with Gasteiger partial charge in [-0.05, 0) is 31.0 Å². The zero-order valence-corrected chi connectivity index (χ0v) is 12.7. The van der Waals surface area contributed by atoms with Crippen LogP contribution in [0.15, 0.2) is 30.5 Å². The van der Waals surface area contributed by atoms with Gasteiger partial charge in [-0.25, -0.2) is 9.07 Å². The van der Waals surface area contributed by atoms with Crippen molar-refractivity contribution in [3.8, 4) is 5.69 Å². The number of nitrogens with two attached hydrogens (primary N) is 1. The number of ketones is 1. The highest BCUT2D eigenvalue weighted by Crippen LogP contribution is 2.25. The molecule has 0 saturated carbocycles. The Balaban J connectivity index is 1.93. The summed E-state index contributed by atoms with van der Waals surface area (Å²) in [6, 6.07) is 5.30. The number of Topliss-reactive ketones (excluding diaryl/α,β-unsaturated/α-hetero) is 1. The lowest BCUT2D eigenvalue weighted by molar-refractivity contribution is -0.128. The largest absolute Gasteiger partial charge is 0.383 e. The molecule has 1 aromatic carbocycles. The summed E-state index contributed by atoms with van der Waals surface area (Å²) in [6.45, 7) is 2.02. The number of carbonyl (C=O) groups is 2. The topological polar surface area (TPSA) is 81.2 Å². The molecule has 1 fully saturated rings. The Morgan fingerprint density at radius 3 is 2.87 bits per heavy atom. The fourth-order valence-electron chi connectivity index (χ4n) is 2.96. The standard InChI is InChI=1S/C16H17FN4O2/c1-10(22)20-7-3-6-14(20)15(23)13-9-19-21(16(13)18)12-5-2-4-11(17)8-12/h2,4-5,8-9,14H,3,6-7,18H2,1H3/t14-/m1/s1. The maximum absolute atomic E-state index is 13.3. The number of halogens is 1. The van der Waals surface area contributed by atoms with Gasteiger partial charge in [0.05, 0.1) is 23.5 Å². The van der Waals surface area contributed by atoms with Gasteiger partial charge in [0.1, 0.15) is 11.6 Å². The van der Waals surface area contributed by atoms with E-state index in [4.69, 9.17) is 5.73 Å². The molecule has 2 N–H and O–H groups in total. The third-order valence-corrected chi connectivity index (χ3v) is 4.08. The van der Waals surface area contributed by atoms with E-state index in [2.05, 4.69) is 5.10 Å². The van der Waals surface area contributed by atoms with E-state index in [9.17, 15) is 14.0 Å². The number of nitrogens with zero attached hydrogens (tertiary/aromatic N) is 3. The second kappa shape index (κ2) is 5.83. The van der Waals surface area contributed by atoms with Gasteiger partial charge in [0, 0.05) is 13.5 Å². The molecule has 0 spiro atoms. The van der Waals surface area contributed by atoms with Gasteiger partial charge in [-0.3, -0.25) is 9.59 Å². The molecule has 1 amide bonds. The van der Waals surface area contributed by atoms with Crippen LogP contribution >= 0.6 is 0 Å². The van der Waals surface area contributed by atoms with Gasteiger partial charge in [-0.1, -0.05) is 6.07 Å². The monoisotopic (exact) mass is 316 g/mol. The molecule has 3 rings (SSSR count). The van der Waals surface area contributed by atoms with Gasteiger partial charge in [-0.15, -0.1) is 0 Å². The van der Waals surface area contributed by atoms with Crippen LogP contribution in [0.4, 0.5) is 10.2 Å². The van der Waals surface area contributed by atoms with Crippen molar-refractivity contribution in [2.45, 2.75) is 25.8 Å². The van der Waals surface area contributed by atoms with E-state index in [1.807, 2.05) is 0 Å². The van der Waals surface area contributed by atoms with Gasteiger partial charge in [0.2, 0.25) is 5.91 Å². The van der Waals surface area contributed by atoms with Crippen molar-refractivity contribution in [3.63, 3.8) is 0 Å². The summed E-state index contributed by atoms with van der Waals surface area (Å²) in [4.78, 5) is 25.9. The second-order valence-electron chi connectivity index (χ2n) is 5.57. The van der Waals surface area contributed by atoms with Crippen LogP contribution < -0.4 is 5.73 Å². The van der Waals surface area contributed by atoms with Crippen molar-refractivity contribution in [2.24, 2.45) is 0 Å². The molecule has 1 aliphatic rings. The maximum Gasteiger partial charge on any atom is 0.220 e. The van der Waals surface area contributed by atoms with Crippen LogP contribution in [-0.2, 0) is 4.79 Å². The Kier molecular flexibility index (Phi) is 3.85. The Morgan fingerprint density at radius 2 is 2.17 bits per heavy atom. The second-order valence-corrected chi connectivity index (χ2v) is 5.57. The van der Waals surface area contributed by atoms with Crippen LogP contribution in [0, 0.1) is 5.82 Å². The number of hydrogen-bond donors (Lipinski definition) is 1. The number of carbonyl (C=O) groups excluding carboxylic acids is 2. The lowest BCUT2D eigenvalue weighted by Gasteiger charge is -2.21. The molecule has 7 heteroatoms. The molecule has 0 radical (unpaired) electrons. The van der Waals surface area contributed by atoms with Gasteiger partial charge < -0.3 is 10.6 Å².